The minimum Gasteiger partial charge on any atom is -0.379 e. The summed E-state index contributed by atoms with van der Waals surface area (Å²) in [5.41, 5.74) is 0.927. The van der Waals surface area contributed by atoms with Crippen LogP contribution in [0.3, 0.4) is 0 Å². The number of benzene rings is 1. The van der Waals surface area contributed by atoms with Crippen molar-refractivity contribution >= 4 is 22.8 Å². The Morgan fingerprint density at radius 1 is 1.20 bits per heavy atom. The van der Waals surface area contributed by atoms with Crippen LogP contribution in [0.25, 0.3) is 22.4 Å². The zero-order valence-electron chi connectivity index (χ0n) is 16.2. The van der Waals surface area contributed by atoms with Gasteiger partial charge in [-0.15, -0.1) is 0 Å². The molecule has 11 heteroatoms. The average molecular weight is 411 g/mol. The molecule has 0 atom stereocenters. The van der Waals surface area contributed by atoms with Gasteiger partial charge in [-0.25, -0.2) is 9.97 Å². The highest BCUT2D eigenvalue weighted by molar-refractivity contribution is 5.73. The summed E-state index contributed by atoms with van der Waals surface area (Å²) in [5, 5.41) is 14.0. The lowest BCUT2D eigenvalue weighted by atomic mass is 10.1. The highest BCUT2D eigenvalue weighted by atomic mass is 16.6. The van der Waals surface area contributed by atoms with Crippen molar-refractivity contribution in [1.82, 2.24) is 24.8 Å². The molecule has 3 heterocycles. The highest BCUT2D eigenvalue weighted by Crippen LogP contribution is 2.19. The van der Waals surface area contributed by atoms with Gasteiger partial charge >= 0.3 is 0 Å². The molecule has 0 saturated carbocycles. The molecule has 0 radical (unpaired) electrons. The monoisotopic (exact) mass is 411 g/mol. The molecular weight excluding hydrogens is 390 g/mol. The zero-order valence-corrected chi connectivity index (χ0v) is 16.2. The van der Waals surface area contributed by atoms with E-state index in [-0.39, 0.29) is 11.4 Å². The number of aromatic amines is 1. The predicted octanol–water partition coefficient (Wildman–Crippen LogP) is 1.42. The lowest BCUT2D eigenvalue weighted by Gasteiger charge is -2.26. The van der Waals surface area contributed by atoms with Gasteiger partial charge in [-0.2, -0.15) is 4.98 Å². The lowest BCUT2D eigenvalue weighted by Crippen LogP contribution is -2.37. The van der Waals surface area contributed by atoms with Crippen molar-refractivity contribution in [3.05, 3.63) is 50.9 Å². The third-order valence-corrected chi connectivity index (χ3v) is 4.84. The fourth-order valence-electron chi connectivity index (χ4n) is 3.24. The maximum Gasteiger partial charge on any atom is 0.276 e. The van der Waals surface area contributed by atoms with E-state index in [0.29, 0.717) is 29.2 Å². The van der Waals surface area contributed by atoms with Crippen molar-refractivity contribution in [2.75, 3.05) is 44.7 Å². The Morgan fingerprint density at radius 3 is 2.70 bits per heavy atom. The molecule has 1 fully saturated rings. The molecule has 0 aliphatic carbocycles. The summed E-state index contributed by atoms with van der Waals surface area (Å²) in [6, 6.07) is 5.65. The summed E-state index contributed by atoms with van der Waals surface area (Å²) in [6.45, 7) is 5.15. The number of aromatic nitrogens is 4. The number of ether oxygens (including phenoxy) is 1. The summed E-state index contributed by atoms with van der Waals surface area (Å²) in [4.78, 5) is 40.7. The van der Waals surface area contributed by atoms with Crippen molar-refractivity contribution in [3.63, 3.8) is 0 Å². The molecule has 3 aromatic rings. The molecule has 2 aromatic heterocycles. The summed E-state index contributed by atoms with van der Waals surface area (Å²) < 4.78 is 5.34. The number of nitro groups is 1. The Bertz CT molecular complexity index is 1090. The van der Waals surface area contributed by atoms with Gasteiger partial charge in [0.05, 0.1) is 24.3 Å². The molecule has 30 heavy (non-hydrogen) atoms. The Labute approximate surface area is 171 Å². The number of nitrogens with zero attached hydrogens (tertiary/aromatic N) is 5. The number of anilines is 1. The quantitative estimate of drug-likeness (QED) is 0.336. The van der Waals surface area contributed by atoms with Gasteiger partial charge in [0.15, 0.2) is 5.65 Å². The van der Waals surface area contributed by atoms with Gasteiger partial charge in [-0.1, -0.05) is 0 Å². The molecule has 1 aliphatic rings. The average Bonchev–Trinajstić information content (AvgIpc) is 2.77. The second-order valence-corrected chi connectivity index (χ2v) is 6.88. The lowest BCUT2D eigenvalue weighted by molar-refractivity contribution is -0.384. The van der Waals surface area contributed by atoms with E-state index in [0.717, 1.165) is 39.3 Å². The summed E-state index contributed by atoms with van der Waals surface area (Å²) in [5.74, 6) is 0.421. The number of fused-ring (bicyclic) bond motifs is 1. The van der Waals surface area contributed by atoms with Crippen LogP contribution in [0.4, 0.5) is 11.6 Å². The van der Waals surface area contributed by atoms with E-state index in [4.69, 9.17) is 4.74 Å². The summed E-state index contributed by atoms with van der Waals surface area (Å²) >= 11 is 0. The van der Waals surface area contributed by atoms with E-state index < -0.39 is 10.5 Å². The maximum absolute atomic E-state index is 12.5. The smallest absolute Gasteiger partial charge is 0.276 e. The summed E-state index contributed by atoms with van der Waals surface area (Å²) in [7, 11) is 0. The molecule has 156 valence electrons. The number of morpholine rings is 1. The Kier molecular flexibility index (Phi) is 5.91. The van der Waals surface area contributed by atoms with Crippen LogP contribution in [0.15, 0.2) is 35.3 Å². The first-order valence-corrected chi connectivity index (χ1v) is 9.66. The molecule has 0 spiro atoms. The van der Waals surface area contributed by atoms with E-state index in [1.54, 1.807) is 0 Å². The van der Waals surface area contributed by atoms with Crippen molar-refractivity contribution in [1.29, 1.82) is 0 Å². The van der Waals surface area contributed by atoms with Gasteiger partial charge in [-0.05, 0) is 25.1 Å². The van der Waals surface area contributed by atoms with Gasteiger partial charge in [0.1, 0.15) is 11.2 Å². The second kappa shape index (κ2) is 8.93. The van der Waals surface area contributed by atoms with Gasteiger partial charge in [-0.3, -0.25) is 19.8 Å². The molecule has 2 N–H and O–H groups in total. The number of hydrogen-bond acceptors (Lipinski definition) is 9. The zero-order chi connectivity index (χ0) is 20.9. The standard InChI is InChI=1S/C19H21N7O4/c27-18-16(13-2-4-14(5-3-13)26(28)29)22-15-12-21-19(24-17(15)23-18)20-6-1-7-25-8-10-30-11-9-25/h2-5,12H,1,6-11H2,(H2,20,21,23,24,27). The van der Waals surface area contributed by atoms with Crippen LogP contribution in [-0.2, 0) is 4.74 Å². The minimum atomic E-state index is -0.495. The highest BCUT2D eigenvalue weighted by Gasteiger charge is 2.12. The molecule has 4 rings (SSSR count). The molecular formula is C19H21N7O4. The summed E-state index contributed by atoms with van der Waals surface area (Å²) in [6.07, 6.45) is 2.48. The molecule has 0 amide bonds. The normalized spacial score (nSPS) is 14.7. The van der Waals surface area contributed by atoms with Crippen LogP contribution in [0.1, 0.15) is 6.42 Å². The minimum absolute atomic E-state index is 0.0522. The van der Waals surface area contributed by atoms with Gasteiger partial charge in [0.2, 0.25) is 5.95 Å². The van der Waals surface area contributed by atoms with Gasteiger partial charge < -0.3 is 15.0 Å². The van der Waals surface area contributed by atoms with E-state index in [2.05, 4.69) is 30.2 Å². The van der Waals surface area contributed by atoms with Crippen LogP contribution in [0, 0.1) is 10.1 Å². The number of nitro benzene ring substituents is 1. The third kappa shape index (κ3) is 4.58. The van der Waals surface area contributed by atoms with Crippen molar-refractivity contribution in [2.45, 2.75) is 6.42 Å². The third-order valence-electron chi connectivity index (χ3n) is 4.84. The maximum atomic E-state index is 12.5. The van der Waals surface area contributed by atoms with Crippen molar-refractivity contribution in [2.24, 2.45) is 0 Å². The fraction of sp³-hybridized carbons (Fsp3) is 0.368. The Hall–Kier alpha value is -3.44. The largest absolute Gasteiger partial charge is 0.379 e. The second-order valence-electron chi connectivity index (χ2n) is 6.88. The molecule has 1 aromatic carbocycles. The van der Waals surface area contributed by atoms with Crippen molar-refractivity contribution in [3.8, 4) is 11.3 Å². The molecule has 1 saturated heterocycles. The van der Waals surface area contributed by atoms with E-state index in [1.165, 1.54) is 30.5 Å². The van der Waals surface area contributed by atoms with Crippen LogP contribution in [0.2, 0.25) is 0 Å². The number of rotatable bonds is 7. The first-order chi connectivity index (χ1) is 14.6. The van der Waals surface area contributed by atoms with E-state index >= 15 is 0 Å². The predicted molar refractivity (Wildman–Crippen MR) is 110 cm³/mol. The van der Waals surface area contributed by atoms with Crippen LogP contribution < -0.4 is 10.9 Å². The number of non-ortho nitro benzene ring substituents is 1. The molecule has 1 aliphatic heterocycles. The SMILES string of the molecule is O=c1[nH]c2nc(NCCCN3CCOCC3)ncc2nc1-c1ccc([N+](=O)[O-])cc1. The molecule has 0 bridgehead atoms. The van der Waals surface area contributed by atoms with Gasteiger partial charge in [0.25, 0.3) is 11.2 Å². The fourth-order valence-corrected chi connectivity index (χ4v) is 3.24. The van der Waals surface area contributed by atoms with E-state index in [1.807, 2.05) is 0 Å². The van der Waals surface area contributed by atoms with Crippen LogP contribution in [-0.4, -0.2) is 69.2 Å². The first-order valence-electron chi connectivity index (χ1n) is 9.66. The van der Waals surface area contributed by atoms with Crippen LogP contribution >= 0.6 is 0 Å². The molecule has 11 nitrogen and oxygen atoms in total. The molecule has 0 unspecified atom stereocenters. The number of hydrogen-bond donors (Lipinski definition) is 2. The Morgan fingerprint density at radius 2 is 1.97 bits per heavy atom. The van der Waals surface area contributed by atoms with E-state index in [9.17, 15) is 14.9 Å². The van der Waals surface area contributed by atoms with Crippen LogP contribution in [0.5, 0.6) is 0 Å². The topological polar surface area (TPSA) is 139 Å². The van der Waals surface area contributed by atoms with Crippen molar-refractivity contribution < 1.29 is 9.66 Å². The number of H-pyrrole nitrogens is 1. The number of nitrogens with one attached hydrogen (secondary N) is 2. The van der Waals surface area contributed by atoms with Gasteiger partial charge in [0, 0.05) is 37.3 Å². The first kappa shape index (κ1) is 19.9. The Balaban J connectivity index is 1.44.